The molecule has 2 aromatic carbocycles. The number of Topliss-reactive ketones (excluding diaryl/α,β-unsaturated/α-hetero) is 1. The van der Waals surface area contributed by atoms with Gasteiger partial charge < -0.3 is 9.64 Å². The number of ether oxygens (including phenoxy) is 1. The third-order valence-electron chi connectivity index (χ3n) is 3.85. The molecule has 0 amide bonds. The minimum absolute atomic E-state index is 0.0705. The number of thioether (sulfide) groups is 1. The molecule has 0 N–H and O–H groups in total. The van der Waals surface area contributed by atoms with Crippen LogP contribution in [0.15, 0.2) is 53.5 Å². The Morgan fingerprint density at radius 2 is 1.92 bits per heavy atom. The molecule has 1 saturated heterocycles. The maximum Gasteiger partial charge on any atom is 0.182 e. The van der Waals surface area contributed by atoms with Gasteiger partial charge in [0.2, 0.25) is 0 Å². The summed E-state index contributed by atoms with van der Waals surface area (Å²) in [6, 6.07) is 14.6. The molecule has 0 radical (unpaired) electrons. The van der Waals surface area contributed by atoms with E-state index >= 15 is 0 Å². The average Bonchev–Trinajstić information content (AvgIpc) is 2.96. The second kappa shape index (κ2) is 7.93. The summed E-state index contributed by atoms with van der Waals surface area (Å²) in [5.41, 5.74) is 1.51. The molecule has 0 aromatic heterocycles. The van der Waals surface area contributed by atoms with Gasteiger partial charge >= 0.3 is 0 Å². The molecule has 1 heterocycles. The molecular formula is C19H19ClN2O2S. The molecule has 0 saturated carbocycles. The summed E-state index contributed by atoms with van der Waals surface area (Å²) < 4.78 is 5.13. The van der Waals surface area contributed by atoms with Crippen LogP contribution in [0.25, 0.3) is 0 Å². The molecule has 1 fully saturated rings. The predicted octanol–water partition coefficient (Wildman–Crippen LogP) is 4.66. The lowest BCUT2D eigenvalue weighted by Crippen LogP contribution is -2.31. The fourth-order valence-electron chi connectivity index (χ4n) is 2.58. The van der Waals surface area contributed by atoms with Crippen molar-refractivity contribution in [2.75, 3.05) is 20.2 Å². The largest absolute Gasteiger partial charge is 0.497 e. The monoisotopic (exact) mass is 374 g/mol. The van der Waals surface area contributed by atoms with Crippen molar-refractivity contribution in [3.63, 3.8) is 0 Å². The lowest BCUT2D eigenvalue weighted by molar-refractivity contribution is 0.0965. The number of carbonyl (C=O) groups excluding carboxylic acids is 1. The lowest BCUT2D eigenvalue weighted by atomic mass is 10.1. The van der Waals surface area contributed by atoms with Crippen molar-refractivity contribution >= 4 is 40.0 Å². The van der Waals surface area contributed by atoms with Gasteiger partial charge in [0.25, 0.3) is 0 Å². The average molecular weight is 375 g/mol. The number of carbonyl (C=O) groups is 1. The second-order valence-electron chi connectivity index (χ2n) is 5.83. The fraction of sp³-hybridized carbons (Fsp3) is 0.263. The van der Waals surface area contributed by atoms with E-state index in [1.807, 2.05) is 29.2 Å². The summed E-state index contributed by atoms with van der Waals surface area (Å²) in [7, 11) is 1.61. The highest BCUT2D eigenvalue weighted by Gasteiger charge is 2.27. The van der Waals surface area contributed by atoms with Crippen LogP contribution >= 0.6 is 23.4 Å². The minimum Gasteiger partial charge on any atom is -0.497 e. The molecule has 4 nitrogen and oxygen atoms in total. The molecular weight excluding hydrogens is 356 g/mol. The van der Waals surface area contributed by atoms with Gasteiger partial charge in [-0.3, -0.25) is 4.79 Å². The Kier molecular flexibility index (Phi) is 5.66. The Hall–Kier alpha value is -1.98. The van der Waals surface area contributed by atoms with Gasteiger partial charge in [-0.2, -0.15) is 0 Å². The Morgan fingerprint density at radius 1 is 1.24 bits per heavy atom. The van der Waals surface area contributed by atoms with Crippen molar-refractivity contribution in [2.24, 2.45) is 4.99 Å². The van der Waals surface area contributed by atoms with Crippen molar-refractivity contribution in [1.82, 2.24) is 4.90 Å². The Morgan fingerprint density at radius 3 is 2.56 bits per heavy atom. The van der Waals surface area contributed by atoms with E-state index < -0.39 is 0 Å². The molecule has 1 aliphatic rings. The third-order valence-corrected chi connectivity index (χ3v) is 5.22. The van der Waals surface area contributed by atoms with E-state index in [-0.39, 0.29) is 5.78 Å². The maximum atomic E-state index is 12.6. The number of rotatable bonds is 5. The SMILES string of the molecule is COc1ccc(C(=O)CN2C[C@@H](C)SC2=Nc2ccc(Cl)cc2)cc1. The van der Waals surface area contributed by atoms with E-state index in [1.54, 1.807) is 43.1 Å². The summed E-state index contributed by atoms with van der Waals surface area (Å²) in [4.78, 5) is 19.3. The standard InChI is InChI=1S/C19H19ClN2O2S/c1-13-11-22(12-18(23)14-3-9-17(24-2)10-4-14)19(25-13)21-16-7-5-15(20)6-8-16/h3-10,13H,11-12H2,1-2H3/t13-/m1/s1. The minimum atomic E-state index is 0.0705. The van der Waals surface area contributed by atoms with Gasteiger partial charge in [-0.1, -0.05) is 30.3 Å². The van der Waals surface area contributed by atoms with Crippen LogP contribution in [0.5, 0.6) is 5.75 Å². The van der Waals surface area contributed by atoms with Crippen molar-refractivity contribution in [2.45, 2.75) is 12.2 Å². The number of halogens is 1. The van der Waals surface area contributed by atoms with Gasteiger partial charge in [0.05, 0.1) is 19.3 Å². The number of ketones is 1. The van der Waals surface area contributed by atoms with Gasteiger partial charge in [0, 0.05) is 22.4 Å². The zero-order valence-corrected chi connectivity index (χ0v) is 15.7. The molecule has 2 aromatic rings. The Labute approximate surface area is 156 Å². The normalized spacial score (nSPS) is 18.6. The fourth-order valence-corrected chi connectivity index (χ4v) is 3.76. The van der Waals surface area contributed by atoms with E-state index in [0.717, 1.165) is 23.1 Å². The predicted molar refractivity (Wildman–Crippen MR) is 104 cm³/mol. The molecule has 25 heavy (non-hydrogen) atoms. The molecule has 0 aliphatic carbocycles. The first-order valence-electron chi connectivity index (χ1n) is 7.98. The highest BCUT2D eigenvalue weighted by atomic mass is 35.5. The number of benzene rings is 2. The van der Waals surface area contributed by atoms with Crippen LogP contribution in [-0.2, 0) is 0 Å². The summed E-state index contributed by atoms with van der Waals surface area (Å²) in [5.74, 6) is 0.813. The molecule has 1 atom stereocenters. The second-order valence-corrected chi connectivity index (χ2v) is 7.67. The third kappa shape index (κ3) is 4.55. The lowest BCUT2D eigenvalue weighted by Gasteiger charge is -2.17. The molecule has 130 valence electrons. The van der Waals surface area contributed by atoms with Gasteiger partial charge in [-0.05, 0) is 48.5 Å². The zero-order chi connectivity index (χ0) is 17.8. The number of hydrogen-bond donors (Lipinski definition) is 0. The quantitative estimate of drug-likeness (QED) is 0.714. The number of hydrogen-bond acceptors (Lipinski definition) is 4. The maximum absolute atomic E-state index is 12.6. The van der Waals surface area contributed by atoms with Gasteiger partial charge in [0.15, 0.2) is 11.0 Å². The molecule has 0 spiro atoms. The van der Waals surface area contributed by atoms with Crippen molar-refractivity contribution < 1.29 is 9.53 Å². The highest BCUT2D eigenvalue weighted by molar-refractivity contribution is 8.14. The zero-order valence-electron chi connectivity index (χ0n) is 14.1. The molecule has 0 unspecified atom stereocenters. The molecule has 6 heteroatoms. The van der Waals surface area contributed by atoms with Crippen molar-refractivity contribution in [1.29, 1.82) is 0 Å². The first-order chi connectivity index (χ1) is 12.0. The summed E-state index contributed by atoms with van der Waals surface area (Å²) >= 11 is 7.61. The number of amidine groups is 1. The smallest absolute Gasteiger partial charge is 0.182 e. The van der Waals surface area contributed by atoms with Crippen LogP contribution in [0, 0.1) is 0 Å². The number of nitrogens with zero attached hydrogens (tertiary/aromatic N) is 2. The Balaban J connectivity index is 1.74. The molecule has 3 rings (SSSR count). The summed E-state index contributed by atoms with van der Waals surface area (Å²) in [6.07, 6.45) is 0. The highest BCUT2D eigenvalue weighted by Crippen LogP contribution is 2.28. The van der Waals surface area contributed by atoms with Crippen LogP contribution in [0.2, 0.25) is 5.02 Å². The van der Waals surface area contributed by atoms with Gasteiger partial charge in [-0.25, -0.2) is 4.99 Å². The topological polar surface area (TPSA) is 41.9 Å². The number of methoxy groups -OCH3 is 1. The summed E-state index contributed by atoms with van der Waals surface area (Å²) in [6.45, 7) is 3.26. The van der Waals surface area contributed by atoms with Crippen LogP contribution in [0.3, 0.4) is 0 Å². The van der Waals surface area contributed by atoms with E-state index in [9.17, 15) is 4.79 Å². The first kappa shape index (κ1) is 17.8. The van der Waals surface area contributed by atoms with Crippen LogP contribution < -0.4 is 4.74 Å². The van der Waals surface area contributed by atoms with Gasteiger partial charge in [-0.15, -0.1) is 0 Å². The molecule has 1 aliphatic heterocycles. The van der Waals surface area contributed by atoms with E-state index in [2.05, 4.69) is 11.9 Å². The molecule has 0 bridgehead atoms. The van der Waals surface area contributed by atoms with Crippen molar-refractivity contribution in [3.05, 3.63) is 59.1 Å². The van der Waals surface area contributed by atoms with Crippen LogP contribution in [0.1, 0.15) is 17.3 Å². The van der Waals surface area contributed by atoms with Gasteiger partial charge in [0.1, 0.15) is 5.75 Å². The Bertz CT molecular complexity index is 775. The van der Waals surface area contributed by atoms with Crippen molar-refractivity contribution in [3.8, 4) is 5.75 Å². The van der Waals surface area contributed by atoms with E-state index in [1.165, 1.54) is 0 Å². The number of aliphatic imine (C=N–C) groups is 1. The summed E-state index contributed by atoms with van der Waals surface area (Å²) in [5, 5.41) is 1.95. The van der Waals surface area contributed by atoms with E-state index in [0.29, 0.717) is 22.4 Å². The van der Waals surface area contributed by atoms with Crippen LogP contribution in [0.4, 0.5) is 5.69 Å². The van der Waals surface area contributed by atoms with Crippen LogP contribution in [-0.4, -0.2) is 41.3 Å². The first-order valence-corrected chi connectivity index (χ1v) is 9.24. The van der Waals surface area contributed by atoms with E-state index in [4.69, 9.17) is 16.3 Å².